The minimum absolute atomic E-state index is 0.141. The Morgan fingerprint density at radius 1 is 0.698 bits per heavy atom. The van der Waals surface area contributed by atoms with Gasteiger partial charge in [0, 0.05) is 5.69 Å². The molecule has 5 aromatic carbocycles. The van der Waals surface area contributed by atoms with Crippen molar-refractivity contribution in [1.29, 1.82) is 0 Å². The zero-order chi connectivity index (χ0) is 43.0. The Morgan fingerprint density at radius 2 is 1.19 bits per heavy atom. The fourth-order valence-corrected chi connectivity index (χ4v) is 10.9. The van der Waals surface area contributed by atoms with Gasteiger partial charge in [-0.15, -0.1) is 15.7 Å². The summed E-state index contributed by atoms with van der Waals surface area (Å²) in [4.78, 5) is 18.4. The maximum atomic E-state index is 14.3. The maximum absolute atomic E-state index is 14.3. The fraction of sp³-hybridized carbons (Fsp3) is 0.320. The Kier molecular flexibility index (Phi) is 13.8. The number of amides is 2. The van der Waals surface area contributed by atoms with Crippen LogP contribution in [0.15, 0.2) is 142 Å². The minimum atomic E-state index is -3.72. The van der Waals surface area contributed by atoms with Gasteiger partial charge in [-0.25, -0.2) is 19.1 Å². The second-order valence-electron chi connectivity index (χ2n) is 16.2. The Balaban J connectivity index is 1.05. The minimum Gasteiger partial charge on any atom is -0.374 e. The molecule has 0 radical (unpaired) electrons. The molecule has 9 rings (SSSR count). The first-order chi connectivity index (χ1) is 30.9. The first kappa shape index (κ1) is 43.2. The molecule has 2 amide bonds. The van der Waals surface area contributed by atoms with Crippen molar-refractivity contribution < 1.29 is 32.7 Å². The van der Waals surface area contributed by atoms with Crippen molar-refractivity contribution in [2.75, 3.05) is 11.9 Å². The van der Waals surface area contributed by atoms with E-state index in [1.54, 1.807) is 0 Å². The number of benzene rings is 5. The summed E-state index contributed by atoms with van der Waals surface area (Å²) >= 11 is 1.08. The Labute approximate surface area is 373 Å². The van der Waals surface area contributed by atoms with Crippen molar-refractivity contribution in [2.24, 2.45) is 9.50 Å². The van der Waals surface area contributed by atoms with Gasteiger partial charge in [0.2, 0.25) is 0 Å². The largest absolute Gasteiger partial charge is 0.374 e. The Bertz CT molecular complexity index is 2560. The molecular weight excluding hydrogens is 833 g/mol. The average Bonchev–Trinajstić information content (AvgIpc) is 4.11. The highest BCUT2D eigenvalue weighted by Gasteiger charge is 2.50. The van der Waals surface area contributed by atoms with Crippen LogP contribution in [0.25, 0.3) is 0 Å². The van der Waals surface area contributed by atoms with Crippen LogP contribution >= 0.6 is 11.3 Å². The number of rotatable bonds is 16. The number of aryl methyl sites for hydroxylation is 2. The predicted molar refractivity (Wildman–Crippen MR) is 243 cm³/mol. The van der Waals surface area contributed by atoms with E-state index in [0.29, 0.717) is 18.2 Å². The molecule has 3 N–H and O–H groups in total. The number of hydrogen-bond donors (Lipinski definition) is 2. The monoisotopic (exact) mass is 884 g/mol. The topological polar surface area (TPSA) is 144 Å². The first-order valence-electron chi connectivity index (χ1n) is 21.6. The summed E-state index contributed by atoms with van der Waals surface area (Å²) in [5, 5.41) is 9.92. The zero-order valence-electron chi connectivity index (χ0n) is 35.0. The van der Waals surface area contributed by atoms with Crippen molar-refractivity contribution in [2.45, 2.75) is 99.7 Å². The van der Waals surface area contributed by atoms with Crippen LogP contribution in [0.4, 0.5) is 10.5 Å². The summed E-state index contributed by atoms with van der Waals surface area (Å²) in [7, 11) is -3.72. The molecular formula is C50H52N4O7S2. The molecule has 6 atom stereocenters. The molecule has 3 aliphatic rings. The molecule has 2 heterocycles. The Hall–Kier alpha value is -5.09. The SMILES string of the molecule is NS(=O)(=NC(=O)Nc1c2c(cc3c1CCC3)CCC2)c1cnc(C2O[C@H](COCc3ccccc3)[C@@H](OCc3ccccc3)[C@H](OCc3ccccc3)[C@H]2OCc2ccccc2)s1. The van der Waals surface area contributed by atoms with E-state index >= 15 is 0 Å². The highest BCUT2D eigenvalue weighted by atomic mass is 32.2. The van der Waals surface area contributed by atoms with Crippen molar-refractivity contribution in [3.63, 3.8) is 0 Å². The van der Waals surface area contributed by atoms with E-state index in [-0.39, 0.29) is 24.0 Å². The number of nitrogens with zero attached hydrogens (tertiary/aromatic N) is 2. The second-order valence-corrected chi connectivity index (χ2v) is 19.3. The van der Waals surface area contributed by atoms with E-state index in [4.69, 9.17) is 33.8 Å². The number of nitrogens with one attached hydrogen (secondary N) is 1. The smallest absolute Gasteiger partial charge is 0.354 e. The standard InChI is InChI=1S/C50H52N4O7S2/c51-63(56,54-50(55)53-44-40-25-13-23-38(40)27-39-24-14-26-41(39)44)43-28-52-49(62-43)48-47(60-32-37-21-11-4-12-22-37)46(59-31-36-19-9-3-10-20-36)45(58-30-35-17-7-2-8-18-35)42(61-48)33-57-29-34-15-5-1-6-16-34/h1-12,15-22,27-28,42,45-48H,13-14,23-26,29-33H2,(H3,51,53,54,55,56)/t42-,45-,46+,47-,48?,63?/m1/s1. The predicted octanol–water partition coefficient (Wildman–Crippen LogP) is 9.47. The van der Waals surface area contributed by atoms with Gasteiger partial charge in [0.25, 0.3) is 0 Å². The fourth-order valence-electron chi connectivity index (χ4n) is 8.79. The molecule has 0 bridgehead atoms. The van der Waals surface area contributed by atoms with Gasteiger partial charge in [0.1, 0.15) is 39.7 Å². The molecule has 13 heteroatoms. The first-order valence-corrected chi connectivity index (χ1v) is 24.0. The third kappa shape index (κ3) is 10.5. The number of anilines is 1. The number of urea groups is 1. The molecule has 63 heavy (non-hydrogen) atoms. The van der Waals surface area contributed by atoms with E-state index in [1.807, 2.05) is 121 Å². The lowest BCUT2D eigenvalue weighted by Gasteiger charge is -2.45. The maximum Gasteiger partial charge on any atom is 0.354 e. The van der Waals surface area contributed by atoms with Crippen LogP contribution in [0, 0.1) is 0 Å². The molecule has 6 aromatic rings. The van der Waals surface area contributed by atoms with Gasteiger partial charge in [-0.1, -0.05) is 127 Å². The average molecular weight is 885 g/mol. The van der Waals surface area contributed by atoms with Gasteiger partial charge in [0.05, 0.1) is 39.2 Å². The normalized spacial score (nSPS) is 21.3. The number of hydrogen-bond acceptors (Lipinski definition) is 9. The van der Waals surface area contributed by atoms with E-state index < -0.39 is 46.5 Å². The lowest BCUT2D eigenvalue weighted by molar-refractivity contribution is -0.275. The van der Waals surface area contributed by atoms with Gasteiger partial charge in [0.15, 0.2) is 9.92 Å². The van der Waals surface area contributed by atoms with Crippen molar-refractivity contribution in [1.82, 2.24) is 4.98 Å². The highest BCUT2D eigenvalue weighted by Crippen LogP contribution is 2.42. The number of carbonyl (C=O) groups is 1. The van der Waals surface area contributed by atoms with E-state index in [2.05, 4.69) is 15.7 Å². The number of ether oxygens (including phenoxy) is 5. The molecule has 11 nitrogen and oxygen atoms in total. The molecule has 1 saturated heterocycles. The van der Waals surface area contributed by atoms with Crippen LogP contribution in [0.5, 0.6) is 0 Å². The lowest BCUT2D eigenvalue weighted by atomic mass is 9.94. The summed E-state index contributed by atoms with van der Waals surface area (Å²) in [6, 6.07) is 41.3. The van der Waals surface area contributed by atoms with Crippen LogP contribution in [-0.4, -0.2) is 46.2 Å². The number of fused-ring (bicyclic) bond motifs is 2. The van der Waals surface area contributed by atoms with Gasteiger partial charge in [-0.05, 0) is 83.0 Å². The molecule has 326 valence electrons. The molecule has 2 unspecified atom stereocenters. The molecule has 0 saturated carbocycles. The van der Waals surface area contributed by atoms with E-state index in [0.717, 1.165) is 88.9 Å². The van der Waals surface area contributed by atoms with Crippen LogP contribution in [0.2, 0.25) is 0 Å². The highest BCUT2D eigenvalue weighted by molar-refractivity contribution is 7.93. The number of carbonyl (C=O) groups excluding carboxylic acids is 1. The Morgan fingerprint density at radius 3 is 1.73 bits per heavy atom. The molecule has 2 aliphatic carbocycles. The quantitative estimate of drug-likeness (QED) is 0.0979. The third-order valence-corrected chi connectivity index (χ3v) is 14.8. The molecule has 1 aromatic heterocycles. The second kappa shape index (κ2) is 20.2. The summed E-state index contributed by atoms with van der Waals surface area (Å²) in [6.45, 7) is 1.32. The van der Waals surface area contributed by atoms with E-state index in [9.17, 15) is 9.00 Å². The third-order valence-electron chi connectivity index (χ3n) is 11.8. The van der Waals surface area contributed by atoms with Gasteiger partial charge < -0.3 is 29.0 Å². The number of aromatic nitrogens is 1. The van der Waals surface area contributed by atoms with Gasteiger partial charge in [-0.2, -0.15) is 0 Å². The van der Waals surface area contributed by atoms with Crippen molar-refractivity contribution in [3.05, 3.63) is 183 Å². The summed E-state index contributed by atoms with van der Waals surface area (Å²) < 4.78 is 52.4. The molecule has 0 spiro atoms. The summed E-state index contributed by atoms with van der Waals surface area (Å²) in [5.41, 5.74) is 9.59. The van der Waals surface area contributed by atoms with Gasteiger partial charge >= 0.3 is 6.03 Å². The zero-order valence-corrected chi connectivity index (χ0v) is 36.6. The van der Waals surface area contributed by atoms with Crippen LogP contribution in [0.1, 0.15) is 68.5 Å². The summed E-state index contributed by atoms with van der Waals surface area (Å²) in [5.74, 6) is 0. The van der Waals surface area contributed by atoms with E-state index in [1.165, 1.54) is 17.3 Å². The van der Waals surface area contributed by atoms with Crippen LogP contribution in [0.3, 0.4) is 0 Å². The van der Waals surface area contributed by atoms with Crippen LogP contribution < -0.4 is 10.5 Å². The van der Waals surface area contributed by atoms with Crippen molar-refractivity contribution in [3.8, 4) is 0 Å². The molecule has 1 fully saturated rings. The van der Waals surface area contributed by atoms with Gasteiger partial charge in [-0.3, -0.25) is 0 Å². The number of nitrogens with two attached hydrogens (primary N) is 1. The van der Waals surface area contributed by atoms with Crippen LogP contribution in [-0.2, 0) is 85.7 Å². The lowest BCUT2D eigenvalue weighted by Crippen LogP contribution is -2.58. The molecule has 1 aliphatic heterocycles. The summed E-state index contributed by atoms with van der Waals surface area (Å²) in [6.07, 6.45) is 3.62. The number of thiazole rings is 1. The van der Waals surface area contributed by atoms with Crippen molar-refractivity contribution >= 4 is 33.0 Å².